The molecule has 0 rings (SSSR count). The summed E-state index contributed by atoms with van der Waals surface area (Å²) in [6.07, 6.45) is 68.2. The van der Waals surface area contributed by atoms with Gasteiger partial charge in [-0.15, -0.1) is 0 Å². The minimum absolute atomic E-state index is 0.0818. The highest BCUT2D eigenvalue weighted by molar-refractivity contribution is 5.71. The van der Waals surface area contributed by atoms with Gasteiger partial charge in [0.05, 0.1) is 0 Å². The Balaban J connectivity index is 4.37. The van der Waals surface area contributed by atoms with Gasteiger partial charge in [-0.1, -0.05) is 256 Å². The van der Waals surface area contributed by atoms with Crippen molar-refractivity contribution >= 4 is 17.9 Å². The van der Waals surface area contributed by atoms with Gasteiger partial charge in [-0.05, 0) is 77.0 Å². The van der Waals surface area contributed by atoms with Crippen LogP contribution in [0.15, 0.2) is 48.6 Å². The predicted molar refractivity (Wildman–Crippen MR) is 289 cm³/mol. The molecule has 0 amide bonds. The Hall–Kier alpha value is -2.63. The second-order valence-electron chi connectivity index (χ2n) is 19.5. The van der Waals surface area contributed by atoms with Gasteiger partial charge in [-0.3, -0.25) is 14.4 Å². The smallest absolute Gasteiger partial charge is 0.306 e. The van der Waals surface area contributed by atoms with E-state index in [-0.39, 0.29) is 31.1 Å². The summed E-state index contributed by atoms with van der Waals surface area (Å²) >= 11 is 0. The summed E-state index contributed by atoms with van der Waals surface area (Å²) in [6, 6.07) is 0. The summed E-state index contributed by atoms with van der Waals surface area (Å²) in [5.74, 6) is -0.896. The van der Waals surface area contributed by atoms with Gasteiger partial charge >= 0.3 is 17.9 Å². The average Bonchev–Trinajstić information content (AvgIpc) is 3.33. The van der Waals surface area contributed by atoms with E-state index < -0.39 is 6.10 Å². The number of esters is 3. The van der Waals surface area contributed by atoms with Gasteiger partial charge in [0, 0.05) is 19.3 Å². The van der Waals surface area contributed by atoms with E-state index >= 15 is 0 Å². The molecule has 6 nitrogen and oxygen atoms in total. The van der Waals surface area contributed by atoms with E-state index in [2.05, 4.69) is 69.4 Å². The lowest BCUT2D eigenvalue weighted by atomic mass is 10.0. The highest BCUT2D eigenvalue weighted by Gasteiger charge is 2.19. The van der Waals surface area contributed by atoms with Crippen molar-refractivity contribution in [3.05, 3.63) is 48.6 Å². The van der Waals surface area contributed by atoms with Crippen LogP contribution in [0.1, 0.15) is 303 Å². The largest absolute Gasteiger partial charge is 0.462 e. The standard InChI is InChI=1S/C61H110O6/c1-4-7-10-13-16-19-22-25-28-30-32-33-36-39-42-45-48-51-54-60(63)66-57-58(56-65-59(62)53-50-47-44-41-38-35-27-24-21-18-15-12-9-6-3)67-61(64)55-52-49-46-43-40-37-34-31-29-26-23-20-17-14-11-8-5-2/h9,12,18,21,27,32-33,35,58H,4-8,10-11,13-17,19-20,22-26,28-31,34,36-57H2,1-3H3/b12-9-,21-18-,33-32-,35-27-. The number of allylic oxidation sites excluding steroid dienone is 8. The van der Waals surface area contributed by atoms with Crippen molar-refractivity contribution in [2.45, 2.75) is 309 Å². The third-order valence-electron chi connectivity index (χ3n) is 12.8. The van der Waals surface area contributed by atoms with Crippen molar-refractivity contribution in [1.29, 1.82) is 0 Å². The molecule has 0 aromatic carbocycles. The summed E-state index contributed by atoms with van der Waals surface area (Å²) in [5.41, 5.74) is 0. The molecule has 0 aliphatic heterocycles. The van der Waals surface area contributed by atoms with Crippen LogP contribution in [0, 0.1) is 0 Å². The Morgan fingerprint density at radius 3 is 0.925 bits per heavy atom. The van der Waals surface area contributed by atoms with Gasteiger partial charge in [0.25, 0.3) is 0 Å². The second kappa shape index (κ2) is 56.0. The Kier molecular flexibility index (Phi) is 53.8. The first-order valence-corrected chi connectivity index (χ1v) is 29.1. The van der Waals surface area contributed by atoms with Crippen LogP contribution in [-0.4, -0.2) is 37.2 Å². The molecule has 390 valence electrons. The summed E-state index contributed by atoms with van der Waals surface area (Å²) in [4.78, 5) is 38.1. The molecule has 0 aliphatic carbocycles. The van der Waals surface area contributed by atoms with Crippen LogP contribution in [-0.2, 0) is 28.6 Å². The quantitative estimate of drug-likeness (QED) is 0.0262. The molecule has 0 bridgehead atoms. The number of hydrogen-bond donors (Lipinski definition) is 0. The molecule has 1 unspecified atom stereocenters. The maximum atomic E-state index is 12.9. The fourth-order valence-electron chi connectivity index (χ4n) is 8.45. The molecule has 0 aromatic heterocycles. The van der Waals surface area contributed by atoms with Gasteiger partial charge in [-0.25, -0.2) is 0 Å². The van der Waals surface area contributed by atoms with Crippen molar-refractivity contribution in [1.82, 2.24) is 0 Å². The van der Waals surface area contributed by atoms with E-state index in [9.17, 15) is 14.4 Å². The molecule has 6 heteroatoms. The van der Waals surface area contributed by atoms with Crippen molar-refractivity contribution in [3.8, 4) is 0 Å². The van der Waals surface area contributed by atoms with Crippen LogP contribution < -0.4 is 0 Å². The van der Waals surface area contributed by atoms with Gasteiger partial charge < -0.3 is 14.2 Å². The molecular weight excluding hydrogens is 829 g/mol. The molecule has 0 spiro atoms. The highest BCUT2D eigenvalue weighted by atomic mass is 16.6. The number of carbonyl (C=O) groups excluding carboxylic acids is 3. The maximum Gasteiger partial charge on any atom is 0.306 e. The highest BCUT2D eigenvalue weighted by Crippen LogP contribution is 2.16. The van der Waals surface area contributed by atoms with Crippen LogP contribution in [0.3, 0.4) is 0 Å². The monoisotopic (exact) mass is 939 g/mol. The lowest BCUT2D eigenvalue weighted by Gasteiger charge is -2.18. The summed E-state index contributed by atoms with van der Waals surface area (Å²) in [5, 5.41) is 0. The molecule has 0 fully saturated rings. The molecule has 0 heterocycles. The third-order valence-corrected chi connectivity index (χ3v) is 12.8. The minimum atomic E-state index is -0.783. The topological polar surface area (TPSA) is 78.9 Å². The first kappa shape index (κ1) is 64.4. The van der Waals surface area contributed by atoms with Crippen LogP contribution in [0.4, 0.5) is 0 Å². The van der Waals surface area contributed by atoms with E-state index in [1.54, 1.807) is 0 Å². The van der Waals surface area contributed by atoms with Crippen LogP contribution in [0.2, 0.25) is 0 Å². The van der Waals surface area contributed by atoms with E-state index in [4.69, 9.17) is 14.2 Å². The molecule has 0 N–H and O–H groups in total. The summed E-state index contributed by atoms with van der Waals surface area (Å²) < 4.78 is 16.9. The predicted octanol–water partition coefficient (Wildman–Crippen LogP) is 19.4. The van der Waals surface area contributed by atoms with Gasteiger partial charge in [-0.2, -0.15) is 0 Å². The zero-order chi connectivity index (χ0) is 48.6. The lowest BCUT2D eigenvalue weighted by Crippen LogP contribution is -2.30. The van der Waals surface area contributed by atoms with Gasteiger partial charge in [0.1, 0.15) is 13.2 Å². The fourth-order valence-corrected chi connectivity index (χ4v) is 8.45. The van der Waals surface area contributed by atoms with Crippen molar-refractivity contribution < 1.29 is 28.6 Å². The Labute approximate surface area is 416 Å². The maximum absolute atomic E-state index is 12.9. The third kappa shape index (κ3) is 54.2. The van der Waals surface area contributed by atoms with E-state index in [1.807, 2.05) is 0 Å². The van der Waals surface area contributed by atoms with Gasteiger partial charge in [0.15, 0.2) is 6.10 Å². The van der Waals surface area contributed by atoms with E-state index in [0.29, 0.717) is 19.3 Å². The number of hydrogen-bond acceptors (Lipinski definition) is 6. The first-order chi connectivity index (χ1) is 33.0. The fraction of sp³-hybridized carbons (Fsp3) is 0.820. The van der Waals surface area contributed by atoms with Crippen LogP contribution >= 0.6 is 0 Å². The first-order valence-electron chi connectivity index (χ1n) is 29.1. The SMILES string of the molecule is CC/C=C\C/C=C\C/C=C\CCCCCCC(=O)OCC(COC(=O)CCCCCCC/C=C\CCCCCCCCCCC)OC(=O)CCCCCCCCCCCCCCCCCCC. The molecule has 67 heavy (non-hydrogen) atoms. The van der Waals surface area contributed by atoms with Crippen LogP contribution in [0.5, 0.6) is 0 Å². The van der Waals surface area contributed by atoms with Gasteiger partial charge in [0.2, 0.25) is 0 Å². The number of carbonyl (C=O) groups is 3. The summed E-state index contributed by atoms with van der Waals surface area (Å²) in [6.45, 7) is 6.54. The summed E-state index contributed by atoms with van der Waals surface area (Å²) in [7, 11) is 0. The molecule has 0 saturated carbocycles. The minimum Gasteiger partial charge on any atom is -0.462 e. The van der Waals surface area contributed by atoms with Crippen molar-refractivity contribution in [2.75, 3.05) is 13.2 Å². The molecular formula is C61H110O6. The van der Waals surface area contributed by atoms with Crippen molar-refractivity contribution in [3.63, 3.8) is 0 Å². The number of ether oxygens (including phenoxy) is 3. The van der Waals surface area contributed by atoms with Crippen LogP contribution in [0.25, 0.3) is 0 Å². The van der Waals surface area contributed by atoms with E-state index in [0.717, 1.165) is 96.3 Å². The second-order valence-corrected chi connectivity index (χ2v) is 19.5. The van der Waals surface area contributed by atoms with Crippen molar-refractivity contribution in [2.24, 2.45) is 0 Å². The molecule has 1 atom stereocenters. The average molecular weight is 940 g/mol. The molecule has 0 radical (unpaired) electrons. The lowest BCUT2D eigenvalue weighted by molar-refractivity contribution is -0.167. The number of rotatable bonds is 53. The van der Waals surface area contributed by atoms with E-state index in [1.165, 1.54) is 167 Å². The Bertz CT molecular complexity index is 1170. The Morgan fingerprint density at radius 2 is 0.582 bits per heavy atom. The molecule has 0 aromatic rings. The number of unbranched alkanes of at least 4 members (excludes halogenated alkanes) is 34. The zero-order valence-corrected chi connectivity index (χ0v) is 44.7. The zero-order valence-electron chi connectivity index (χ0n) is 44.7. The molecule has 0 aliphatic rings. The Morgan fingerprint density at radius 1 is 0.313 bits per heavy atom. The normalized spacial score (nSPS) is 12.3. The molecule has 0 saturated heterocycles.